The van der Waals surface area contributed by atoms with Crippen LogP contribution in [0.2, 0.25) is 0 Å². The number of nitrogens with one attached hydrogen (secondary N) is 1. The fourth-order valence-electron chi connectivity index (χ4n) is 3.06. The van der Waals surface area contributed by atoms with Crippen LogP contribution in [0.1, 0.15) is 65.2 Å². The number of rotatable bonds is 5. The second-order valence-corrected chi connectivity index (χ2v) is 5.87. The Labute approximate surface area is 95.0 Å². The molecule has 0 aromatic rings. The Kier molecular flexibility index (Phi) is 4.07. The molecule has 2 fully saturated rings. The van der Waals surface area contributed by atoms with Crippen molar-refractivity contribution in [2.24, 2.45) is 11.8 Å². The van der Waals surface area contributed by atoms with E-state index in [-0.39, 0.29) is 0 Å². The monoisotopic (exact) mass is 209 g/mol. The largest absolute Gasteiger partial charge is 0.311 e. The summed E-state index contributed by atoms with van der Waals surface area (Å²) < 4.78 is 0. The predicted octanol–water partition coefficient (Wildman–Crippen LogP) is 3.73. The molecule has 0 aromatic heterocycles. The topological polar surface area (TPSA) is 12.0 Å². The van der Waals surface area contributed by atoms with E-state index in [2.05, 4.69) is 19.2 Å². The summed E-state index contributed by atoms with van der Waals surface area (Å²) in [6.07, 6.45) is 11.6. The molecule has 1 heteroatoms. The van der Waals surface area contributed by atoms with Gasteiger partial charge in [-0.1, -0.05) is 26.2 Å². The smallest absolute Gasteiger partial charge is 0.00697 e. The van der Waals surface area contributed by atoms with Gasteiger partial charge in [-0.2, -0.15) is 0 Å². The normalized spacial score (nSPS) is 34.0. The lowest BCUT2D eigenvalue weighted by molar-refractivity contribution is 0.267. The van der Waals surface area contributed by atoms with Crippen LogP contribution in [0.15, 0.2) is 0 Å². The molecule has 0 aliphatic heterocycles. The first-order chi connectivity index (χ1) is 7.28. The summed E-state index contributed by atoms with van der Waals surface area (Å²) in [4.78, 5) is 0. The molecule has 0 heterocycles. The first kappa shape index (κ1) is 11.4. The zero-order valence-electron chi connectivity index (χ0n) is 10.5. The van der Waals surface area contributed by atoms with Crippen LogP contribution in [0.5, 0.6) is 0 Å². The van der Waals surface area contributed by atoms with E-state index in [1.165, 1.54) is 51.4 Å². The molecule has 0 spiro atoms. The third kappa shape index (κ3) is 3.79. The molecule has 2 aliphatic carbocycles. The van der Waals surface area contributed by atoms with Gasteiger partial charge in [0, 0.05) is 12.1 Å². The molecule has 0 radical (unpaired) electrons. The highest BCUT2D eigenvalue weighted by atomic mass is 14.9. The fraction of sp³-hybridized carbons (Fsp3) is 1.00. The SMILES string of the molecule is CCC1CCC(NC(C)CC2CC2)CC1. The summed E-state index contributed by atoms with van der Waals surface area (Å²) in [5.41, 5.74) is 0. The highest BCUT2D eigenvalue weighted by molar-refractivity contribution is 4.82. The van der Waals surface area contributed by atoms with E-state index in [0.29, 0.717) is 0 Å². The van der Waals surface area contributed by atoms with Crippen molar-refractivity contribution in [2.45, 2.75) is 77.3 Å². The fourth-order valence-corrected chi connectivity index (χ4v) is 3.06. The Morgan fingerprint density at radius 2 is 1.60 bits per heavy atom. The van der Waals surface area contributed by atoms with Crippen molar-refractivity contribution in [1.29, 1.82) is 0 Å². The summed E-state index contributed by atoms with van der Waals surface area (Å²) in [5, 5.41) is 3.83. The van der Waals surface area contributed by atoms with Crippen LogP contribution in [0, 0.1) is 11.8 Å². The molecule has 2 aliphatic rings. The van der Waals surface area contributed by atoms with Gasteiger partial charge in [-0.3, -0.25) is 0 Å². The van der Waals surface area contributed by atoms with E-state index in [0.717, 1.165) is 23.9 Å². The number of hydrogen-bond donors (Lipinski definition) is 1. The molecular formula is C14H27N. The Balaban J connectivity index is 1.62. The zero-order chi connectivity index (χ0) is 10.7. The summed E-state index contributed by atoms with van der Waals surface area (Å²) in [7, 11) is 0. The minimum absolute atomic E-state index is 0.765. The summed E-state index contributed by atoms with van der Waals surface area (Å²) in [6.45, 7) is 4.72. The molecule has 0 amide bonds. The van der Waals surface area contributed by atoms with Crippen molar-refractivity contribution in [1.82, 2.24) is 5.32 Å². The van der Waals surface area contributed by atoms with Crippen molar-refractivity contribution >= 4 is 0 Å². The minimum Gasteiger partial charge on any atom is -0.311 e. The van der Waals surface area contributed by atoms with Crippen LogP contribution in [-0.2, 0) is 0 Å². The van der Waals surface area contributed by atoms with Crippen LogP contribution in [-0.4, -0.2) is 12.1 Å². The maximum Gasteiger partial charge on any atom is 0.00697 e. The standard InChI is InChI=1S/C14H27N/c1-3-12-6-8-14(9-7-12)15-11(2)10-13-4-5-13/h11-15H,3-10H2,1-2H3. The molecule has 2 rings (SSSR count). The Hall–Kier alpha value is -0.0400. The summed E-state index contributed by atoms with van der Waals surface area (Å²) >= 11 is 0. The lowest BCUT2D eigenvalue weighted by atomic mass is 9.84. The molecular weight excluding hydrogens is 182 g/mol. The molecule has 88 valence electrons. The van der Waals surface area contributed by atoms with E-state index in [1.54, 1.807) is 0 Å². The van der Waals surface area contributed by atoms with Gasteiger partial charge >= 0.3 is 0 Å². The van der Waals surface area contributed by atoms with Crippen molar-refractivity contribution in [3.05, 3.63) is 0 Å². The van der Waals surface area contributed by atoms with Crippen molar-refractivity contribution < 1.29 is 0 Å². The molecule has 0 aromatic carbocycles. The zero-order valence-corrected chi connectivity index (χ0v) is 10.5. The van der Waals surface area contributed by atoms with Crippen LogP contribution >= 0.6 is 0 Å². The van der Waals surface area contributed by atoms with Gasteiger partial charge in [-0.05, 0) is 50.9 Å². The minimum atomic E-state index is 0.765. The van der Waals surface area contributed by atoms with Gasteiger partial charge in [-0.25, -0.2) is 0 Å². The Morgan fingerprint density at radius 1 is 1.00 bits per heavy atom. The van der Waals surface area contributed by atoms with Gasteiger partial charge in [0.15, 0.2) is 0 Å². The van der Waals surface area contributed by atoms with E-state index < -0.39 is 0 Å². The van der Waals surface area contributed by atoms with Crippen LogP contribution < -0.4 is 5.32 Å². The van der Waals surface area contributed by atoms with Crippen LogP contribution in [0.4, 0.5) is 0 Å². The van der Waals surface area contributed by atoms with E-state index in [4.69, 9.17) is 0 Å². The third-order valence-corrected chi connectivity index (χ3v) is 4.33. The van der Waals surface area contributed by atoms with Crippen LogP contribution in [0.3, 0.4) is 0 Å². The quantitative estimate of drug-likeness (QED) is 0.727. The lowest BCUT2D eigenvalue weighted by Gasteiger charge is -2.30. The molecule has 1 N–H and O–H groups in total. The molecule has 1 atom stereocenters. The van der Waals surface area contributed by atoms with E-state index in [9.17, 15) is 0 Å². The van der Waals surface area contributed by atoms with Gasteiger partial charge in [0.1, 0.15) is 0 Å². The van der Waals surface area contributed by atoms with Crippen molar-refractivity contribution in [2.75, 3.05) is 0 Å². The first-order valence-electron chi connectivity index (χ1n) is 7.04. The third-order valence-electron chi connectivity index (χ3n) is 4.33. The van der Waals surface area contributed by atoms with Gasteiger partial charge in [0.05, 0.1) is 0 Å². The van der Waals surface area contributed by atoms with Crippen molar-refractivity contribution in [3.8, 4) is 0 Å². The average Bonchev–Trinajstić information content (AvgIpc) is 3.03. The lowest BCUT2D eigenvalue weighted by Crippen LogP contribution is -2.39. The highest BCUT2D eigenvalue weighted by Gasteiger charge is 2.26. The maximum atomic E-state index is 3.83. The average molecular weight is 209 g/mol. The molecule has 0 bridgehead atoms. The van der Waals surface area contributed by atoms with E-state index in [1.807, 2.05) is 0 Å². The van der Waals surface area contributed by atoms with Gasteiger partial charge < -0.3 is 5.32 Å². The Bertz CT molecular complexity index is 178. The molecule has 0 saturated heterocycles. The maximum absolute atomic E-state index is 3.83. The summed E-state index contributed by atoms with van der Waals surface area (Å²) in [6, 6.07) is 1.60. The second-order valence-electron chi connectivity index (χ2n) is 5.87. The molecule has 2 saturated carbocycles. The summed E-state index contributed by atoms with van der Waals surface area (Å²) in [5.74, 6) is 2.10. The van der Waals surface area contributed by atoms with Gasteiger partial charge in [0.25, 0.3) is 0 Å². The van der Waals surface area contributed by atoms with Crippen LogP contribution in [0.25, 0.3) is 0 Å². The Morgan fingerprint density at radius 3 is 2.13 bits per heavy atom. The first-order valence-corrected chi connectivity index (χ1v) is 7.04. The van der Waals surface area contributed by atoms with E-state index >= 15 is 0 Å². The molecule has 15 heavy (non-hydrogen) atoms. The highest BCUT2D eigenvalue weighted by Crippen LogP contribution is 2.34. The number of hydrogen-bond acceptors (Lipinski definition) is 1. The van der Waals surface area contributed by atoms with Gasteiger partial charge in [0.2, 0.25) is 0 Å². The predicted molar refractivity (Wildman–Crippen MR) is 66.0 cm³/mol. The van der Waals surface area contributed by atoms with Gasteiger partial charge in [-0.15, -0.1) is 0 Å². The molecule has 1 nitrogen and oxygen atoms in total. The van der Waals surface area contributed by atoms with Crippen molar-refractivity contribution in [3.63, 3.8) is 0 Å². The molecule has 1 unspecified atom stereocenters. The second kappa shape index (κ2) is 5.34.